The van der Waals surface area contributed by atoms with E-state index in [4.69, 9.17) is 5.11 Å². The molecule has 1 rings (SSSR count). The number of allylic oxidation sites excluding steroid dienone is 2. The molecule has 0 radical (unpaired) electrons. The Labute approximate surface area is 99.0 Å². The van der Waals surface area contributed by atoms with Gasteiger partial charge in [-0.2, -0.15) is 0 Å². The predicted molar refractivity (Wildman–Crippen MR) is 40.9 cm³/mol. The van der Waals surface area contributed by atoms with Gasteiger partial charge in [-0.25, -0.2) is 0 Å². The van der Waals surface area contributed by atoms with Crippen molar-refractivity contribution in [3.8, 4) is 0 Å². The Morgan fingerprint density at radius 3 is 2.11 bits per heavy atom. The van der Waals surface area contributed by atoms with Gasteiger partial charge in [-0.1, -0.05) is 0 Å². The van der Waals surface area contributed by atoms with E-state index in [1.165, 1.54) is 18.4 Å². The minimum atomic E-state index is 0. The summed E-state index contributed by atoms with van der Waals surface area (Å²) in [6.07, 6.45) is 4.44. The fourth-order valence-electron chi connectivity index (χ4n) is 1.04. The summed E-state index contributed by atoms with van der Waals surface area (Å²) < 4.78 is 0. The van der Waals surface area contributed by atoms with Crippen LogP contribution in [-0.4, -0.2) is 56.5 Å². The Kier molecular flexibility index (Phi) is 5.55. The van der Waals surface area contributed by atoms with E-state index in [1.807, 2.05) is 6.92 Å². The molecule has 1 N–H and O–H groups in total. The zero-order chi connectivity index (χ0) is 5.98. The first-order valence-electron chi connectivity index (χ1n) is 3.18. The van der Waals surface area contributed by atoms with E-state index in [9.17, 15) is 0 Å². The van der Waals surface area contributed by atoms with Crippen LogP contribution in [-0.2, 0) is 0 Å². The molecule has 0 fully saturated rings. The molecule has 0 spiro atoms. The molecule has 48 valence electrons. The molecule has 0 saturated heterocycles. The molecule has 0 amide bonds. The van der Waals surface area contributed by atoms with Crippen LogP contribution in [0.25, 0.3) is 0 Å². The quantitative estimate of drug-likeness (QED) is 0.524. The fraction of sp³-hybridized carbons (Fsp3) is 0.714. The van der Waals surface area contributed by atoms with Crippen molar-refractivity contribution in [2.75, 3.05) is 0 Å². The third-order valence-electron chi connectivity index (χ3n) is 1.71. The Bertz CT molecular complexity index is 104. The van der Waals surface area contributed by atoms with Crippen molar-refractivity contribution < 1.29 is 5.11 Å². The monoisotopic (exact) mass is 152 g/mol. The van der Waals surface area contributed by atoms with Crippen molar-refractivity contribution >= 4 is 51.4 Å². The maximum absolute atomic E-state index is 9.06. The molecule has 9 heavy (non-hydrogen) atoms. The number of aliphatic hydroxyl groups is 1. The van der Waals surface area contributed by atoms with Crippen LogP contribution in [0.4, 0.5) is 0 Å². The van der Waals surface area contributed by atoms with Crippen LogP contribution in [0.3, 0.4) is 0 Å². The summed E-state index contributed by atoms with van der Waals surface area (Å²) >= 11 is 0. The number of hydrogen-bond donors (Lipinski definition) is 1. The van der Waals surface area contributed by atoms with Crippen molar-refractivity contribution in [1.82, 2.24) is 0 Å². The SMILES string of the molecule is CC1=C(O)CCCC1.[KH]. The Balaban J connectivity index is 0.000000640. The van der Waals surface area contributed by atoms with Gasteiger partial charge in [0.25, 0.3) is 0 Å². The Morgan fingerprint density at radius 2 is 1.78 bits per heavy atom. The van der Waals surface area contributed by atoms with Crippen molar-refractivity contribution in [2.24, 2.45) is 0 Å². The fourth-order valence-corrected chi connectivity index (χ4v) is 1.04. The van der Waals surface area contributed by atoms with E-state index in [1.54, 1.807) is 0 Å². The van der Waals surface area contributed by atoms with Crippen LogP contribution in [0.2, 0.25) is 0 Å². The van der Waals surface area contributed by atoms with Gasteiger partial charge in [0.15, 0.2) is 0 Å². The van der Waals surface area contributed by atoms with Crippen molar-refractivity contribution in [1.29, 1.82) is 0 Å². The molecule has 0 heterocycles. The Morgan fingerprint density at radius 1 is 1.22 bits per heavy atom. The molecule has 0 bridgehead atoms. The molecule has 0 aromatic carbocycles. The second-order valence-corrected chi connectivity index (χ2v) is 2.43. The van der Waals surface area contributed by atoms with Gasteiger partial charge in [0.2, 0.25) is 0 Å². The third kappa shape index (κ3) is 3.19. The molecular formula is C7H13KO. The number of aliphatic hydroxyl groups excluding tert-OH is 1. The second-order valence-electron chi connectivity index (χ2n) is 2.43. The molecule has 0 aromatic heterocycles. The van der Waals surface area contributed by atoms with Gasteiger partial charge < -0.3 is 5.11 Å². The van der Waals surface area contributed by atoms with Crippen LogP contribution in [0.5, 0.6) is 0 Å². The summed E-state index contributed by atoms with van der Waals surface area (Å²) in [6, 6.07) is 0. The van der Waals surface area contributed by atoms with E-state index in [0.717, 1.165) is 12.8 Å². The average molecular weight is 152 g/mol. The summed E-state index contributed by atoms with van der Waals surface area (Å²) in [5.74, 6) is 0.635. The van der Waals surface area contributed by atoms with E-state index >= 15 is 0 Å². The molecule has 1 nitrogen and oxygen atoms in total. The van der Waals surface area contributed by atoms with Gasteiger partial charge >= 0.3 is 51.4 Å². The van der Waals surface area contributed by atoms with Gasteiger partial charge in [-0.3, -0.25) is 0 Å². The Hall–Kier alpha value is 1.18. The summed E-state index contributed by atoms with van der Waals surface area (Å²) in [6.45, 7) is 2.01. The van der Waals surface area contributed by atoms with E-state index in [2.05, 4.69) is 0 Å². The van der Waals surface area contributed by atoms with Crippen LogP contribution in [0.1, 0.15) is 32.6 Å². The summed E-state index contributed by atoms with van der Waals surface area (Å²) in [7, 11) is 0. The van der Waals surface area contributed by atoms with Crippen molar-refractivity contribution in [2.45, 2.75) is 32.6 Å². The molecular weight excluding hydrogens is 139 g/mol. The minimum absolute atomic E-state index is 0. The molecule has 0 saturated carbocycles. The van der Waals surface area contributed by atoms with Crippen molar-refractivity contribution in [3.05, 3.63) is 11.3 Å². The molecule has 2 heteroatoms. The van der Waals surface area contributed by atoms with Gasteiger partial charge in [0.1, 0.15) is 0 Å². The van der Waals surface area contributed by atoms with Crippen LogP contribution >= 0.6 is 0 Å². The molecule has 1 aliphatic rings. The van der Waals surface area contributed by atoms with E-state index in [-0.39, 0.29) is 51.4 Å². The van der Waals surface area contributed by atoms with Crippen LogP contribution in [0, 0.1) is 0 Å². The molecule has 0 aromatic rings. The first kappa shape index (κ1) is 10.2. The topological polar surface area (TPSA) is 20.2 Å². The van der Waals surface area contributed by atoms with Crippen LogP contribution in [0.15, 0.2) is 11.3 Å². The van der Waals surface area contributed by atoms with Gasteiger partial charge in [0, 0.05) is 6.42 Å². The first-order chi connectivity index (χ1) is 3.80. The first-order valence-corrected chi connectivity index (χ1v) is 3.18. The second kappa shape index (κ2) is 4.91. The molecule has 0 atom stereocenters. The third-order valence-corrected chi connectivity index (χ3v) is 1.71. The van der Waals surface area contributed by atoms with E-state index in [0.29, 0.717) is 5.76 Å². The molecule has 1 aliphatic carbocycles. The normalized spacial score (nSPS) is 19.2. The van der Waals surface area contributed by atoms with E-state index < -0.39 is 0 Å². The zero-order valence-corrected chi connectivity index (χ0v) is 5.28. The average Bonchev–Trinajstić information content (AvgIpc) is 1.77. The van der Waals surface area contributed by atoms with Crippen LogP contribution < -0.4 is 0 Å². The zero-order valence-electron chi connectivity index (χ0n) is 5.28. The number of hydrogen-bond acceptors (Lipinski definition) is 1. The predicted octanol–water partition coefficient (Wildman–Crippen LogP) is 1.74. The molecule has 0 aliphatic heterocycles. The van der Waals surface area contributed by atoms with Gasteiger partial charge in [-0.15, -0.1) is 0 Å². The molecule has 0 unspecified atom stereocenters. The van der Waals surface area contributed by atoms with Gasteiger partial charge in [0.05, 0.1) is 5.76 Å². The standard InChI is InChI=1S/C7H12O.K.H/c1-6-4-2-3-5-7(6)8;;/h8H,2-5H2,1H3;;. The van der Waals surface area contributed by atoms with Crippen molar-refractivity contribution in [3.63, 3.8) is 0 Å². The maximum atomic E-state index is 9.06. The number of rotatable bonds is 0. The summed E-state index contributed by atoms with van der Waals surface area (Å²) in [4.78, 5) is 0. The summed E-state index contributed by atoms with van der Waals surface area (Å²) in [5.41, 5.74) is 1.19. The summed E-state index contributed by atoms with van der Waals surface area (Å²) in [5, 5.41) is 9.06. The van der Waals surface area contributed by atoms with Gasteiger partial charge in [-0.05, 0) is 31.8 Å².